The minimum Gasteiger partial charge on any atom is -0.491 e. The predicted molar refractivity (Wildman–Crippen MR) is 109 cm³/mol. The van der Waals surface area contributed by atoms with Gasteiger partial charge in [-0.2, -0.15) is 0 Å². The molecule has 0 spiro atoms. The van der Waals surface area contributed by atoms with Gasteiger partial charge in [0.1, 0.15) is 18.2 Å². The Morgan fingerprint density at radius 3 is 2.43 bits per heavy atom. The molecule has 1 unspecified atom stereocenters. The number of amidine groups is 1. The van der Waals surface area contributed by atoms with Crippen LogP contribution in [0.1, 0.15) is 49.6 Å². The molecule has 1 atom stereocenters. The van der Waals surface area contributed by atoms with Gasteiger partial charge < -0.3 is 25.6 Å². The minimum absolute atomic E-state index is 0.0209. The number of esters is 1. The molecule has 7 heteroatoms. The number of aliphatic hydroxyl groups is 1. The molecule has 0 heterocycles. The zero-order chi connectivity index (χ0) is 20.7. The fraction of sp³-hybridized carbons (Fsp3) is 0.333. The van der Waals surface area contributed by atoms with Gasteiger partial charge in [-0.3, -0.25) is 10.2 Å². The Morgan fingerprint density at radius 1 is 1.21 bits per heavy atom. The number of benzene rings is 2. The van der Waals surface area contributed by atoms with Gasteiger partial charge in [-0.1, -0.05) is 19.9 Å². The van der Waals surface area contributed by atoms with Crippen molar-refractivity contribution in [3.8, 4) is 5.75 Å². The monoisotopic (exact) mass is 385 g/mol. The molecule has 0 amide bonds. The lowest BCUT2D eigenvalue weighted by Gasteiger charge is -2.24. The topological polar surface area (TPSA) is 118 Å². The number of nitrogens with two attached hydrogens (primary N) is 1. The second-order valence-electron chi connectivity index (χ2n) is 6.65. The summed E-state index contributed by atoms with van der Waals surface area (Å²) >= 11 is 0. The Balaban J connectivity index is 2.40. The number of hydrogen-bond donors (Lipinski definition) is 4. The maximum atomic E-state index is 11.7. The van der Waals surface area contributed by atoms with Gasteiger partial charge in [-0.15, -0.1) is 0 Å². The van der Waals surface area contributed by atoms with Crippen molar-refractivity contribution in [1.82, 2.24) is 0 Å². The van der Waals surface area contributed by atoms with Gasteiger partial charge in [0, 0.05) is 18.2 Å². The Morgan fingerprint density at radius 2 is 1.89 bits per heavy atom. The lowest BCUT2D eigenvalue weighted by atomic mass is 9.99. The molecule has 0 fully saturated rings. The van der Waals surface area contributed by atoms with Crippen LogP contribution in [0.5, 0.6) is 5.75 Å². The lowest BCUT2D eigenvalue weighted by molar-refractivity contribution is -0.145. The summed E-state index contributed by atoms with van der Waals surface area (Å²) in [6.45, 7) is 5.50. The summed E-state index contributed by atoms with van der Waals surface area (Å²) in [6, 6.07) is 12.6. The predicted octanol–water partition coefficient (Wildman–Crippen LogP) is 3.14. The zero-order valence-corrected chi connectivity index (χ0v) is 16.4. The van der Waals surface area contributed by atoms with E-state index < -0.39 is 12.2 Å². The summed E-state index contributed by atoms with van der Waals surface area (Å²) in [4.78, 5) is 11.7. The second-order valence-corrected chi connectivity index (χ2v) is 6.65. The van der Waals surface area contributed by atoms with E-state index in [4.69, 9.17) is 25.7 Å². The molecule has 5 N–H and O–H groups in total. The normalized spacial score (nSPS) is 11.8. The van der Waals surface area contributed by atoms with E-state index in [0.717, 1.165) is 5.56 Å². The smallest absolute Gasteiger partial charge is 0.304 e. The number of rotatable bonds is 9. The first-order valence-corrected chi connectivity index (χ1v) is 9.07. The number of carbonyl (C=O) groups is 1. The third-order valence-electron chi connectivity index (χ3n) is 4.11. The quantitative estimate of drug-likeness (QED) is 0.228. The molecule has 0 bridgehead atoms. The average Bonchev–Trinajstić information content (AvgIpc) is 2.65. The van der Waals surface area contributed by atoms with Gasteiger partial charge in [-0.05, 0) is 47.9 Å². The fourth-order valence-corrected chi connectivity index (χ4v) is 2.65. The van der Waals surface area contributed by atoms with Gasteiger partial charge in [0.2, 0.25) is 6.23 Å². The van der Waals surface area contributed by atoms with Crippen molar-refractivity contribution in [2.24, 2.45) is 5.73 Å². The molecule has 2 aromatic rings. The molecule has 0 saturated heterocycles. The van der Waals surface area contributed by atoms with Gasteiger partial charge >= 0.3 is 5.97 Å². The standard InChI is InChI=1S/C21H27N3O4/c1-13(2)16-6-9-19(27-11-10-25)18(12-16)21(28-14(3)26)24-17-7-4-15(5-8-17)20(22)23/h4-9,12-13,21,24-25H,10-11H2,1-3H3,(H3,22,23). The first-order chi connectivity index (χ1) is 13.3. The molecule has 0 aromatic heterocycles. The van der Waals surface area contributed by atoms with Crippen LogP contribution in [0.3, 0.4) is 0 Å². The average molecular weight is 385 g/mol. The zero-order valence-electron chi connectivity index (χ0n) is 16.4. The van der Waals surface area contributed by atoms with E-state index in [2.05, 4.69) is 19.2 Å². The molecule has 0 aliphatic rings. The van der Waals surface area contributed by atoms with Crippen molar-refractivity contribution in [2.45, 2.75) is 32.9 Å². The maximum Gasteiger partial charge on any atom is 0.304 e. The number of carbonyl (C=O) groups excluding carboxylic acids is 1. The van der Waals surface area contributed by atoms with E-state index >= 15 is 0 Å². The highest BCUT2D eigenvalue weighted by Gasteiger charge is 2.21. The Kier molecular flexibility index (Phi) is 7.40. The van der Waals surface area contributed by atoms with E-state index in [1.807, 2.05) is 18.2 Å². The summed E-state index contributed by atoms with van der Waals surface area (Å²) in [6.07, 6.45) is -0.784. The van der Waals surface area contributed by atoms with E-state index in [-0.39, 0.29) is 25.0 Å². The molecular weight excluding hydrogens is 358 g/mol. The van der Waals surface area contributed by atoms with Crippen LogP contribution < -0.4 is 15.8 Å². The first-order valence-electron chi connectivity index (χ1n) is 9.07. The van der Waals surface area contributed by atoms with Crippen molar-refractivity contribution in [3.05, 3.63) is 59.2 Å². The number of hydrogen-bond acceptors (Lipinski definition) is 6. The second kappa shape index (κ2) is 9.75. The van der Waals surface area contributed by atoms with Crippen molar-refractivity contribution < 1.29 is 19.4 Å². The van der Waals surface area contributed by atoms with Crippen LogP contribution in [-0.4, -0.2) is 30.1 Å². The van der Waals surface area contributed by atoms with Gasteiger partial charge in [0.25, 0.3) is 0 Å². The van der Waals surface area contributed by atoms with E-state index in [1.54, 1.807) is 24.3 Å². The van der Waals surface area contributed by atoms with Crippen LogP contribution in [0.15, 0.2) is 42.5 Å². The van der Waals surface area contributed by atoms with Crippen molar-refractivity contribution in [1.29, 1.82) is 5.41 Å². The Hall–Kier alpha value is -3.06. The van der Waals surface area contributed by atoms with Crippen LogP contribution >= 0.6 is 0 Å². The van der Waals surface area contributed by atoms with Crippen LogP contribution in [0.4, 0.5) is 5.69 Å². The molecule has 2 rings (SSSR count). The highest BCUT2D eigenvalue weighted by Crippen LogP contribution is 2.32. The number of nitrogens with one attached hydrogen (secondary N) is 2. The Labute approximate surface area is 165 Å². The van der Waals surface area contributed by atoms with Crippen molar-refractivity contribution in [2.75, 3.05) is 18.5 Å². The summed E-state index contributed by atoms with van der Waals surface area (Å²) in [7, 11) is 0. The van der Waals surface area contributed by atoms with E-state index in [0.29, 0.717) is 22.6 Å². The van der Waals surface area contributed by atoms with Crippen LogP contribution in [0.25, 0.3) is 0 Å². The molecule has 2 aromatic carbocycles. The minimum atomic E-state index is -0.784. The largest absolute Gasteiger partial charge is 0.491 e. The third kappa shape index (κ3) is 5.72. The fourth-order valence-electron chi connectivity index (χ4n) is 2.65. The van der Waals surface area contributed by atoms with Gasteiger partial charge in [-0.25, -0.2) is 0 Å². The van der Waals surface area contributed by atoms with Crippen LogP contribution in [0, 0.1) is 5.41 Å². The summed E-state index contributed by atoms with van der Waals surface area (Å²) in [5, 5.41) is 19.8. The summed E-state index contributed by atoms with van der Waals surface area (Å²) in [5.74, 6) is 0.337. The van der Waals surface area contributed by atoms with Gasteiger partial charge in [0.05, 0.1) is 12.2 Å². The number of aliphatic hydroxyl groups excluding tert-OH is 1. The third-order valence-corrected chi connectivity index (χ3v) is 4.11. The SMILES string of the molecule is CC(=O)OC(Nc1ccc(C(=N)N)cc1)c1cc(C(C)C)ccc1OCCO. The van der Waals surface area contributed by atoms with Crippen molar-refractivity contribution >= 4 is 17.5 Å². The highest BCUT2D eigenvalue weighted by molar-refractivity contribution is 5.95. The van der Waals surface area contributed by atoms with Crippen LogP contribution in [-0.2, 0) is 9.53 Å². The number of nitrogen functional groups attached to an aromatic ring is 1. The maximum absolute atomic E-state index is 11.7. The molecule has 0 radical (unpaired) electrons. The molecule has 0 saturated carbocycles. The van der Waals surface area contributed by atoms with E-state index in [1.165, 1.54) is 6.92 Å². The van der Waals surface area contributed by atoms with Gasteiger partial charge in [0.15, 0.2) is 0 Å². The summed E-state index contributed by atoms with van der Waals surface area (Å²) in [5.41, 5.74) is 8.51. The molecule has 28 heavy (non-hydrogen) atoms. The number of ether oxygens (including phenoxy) is 2. The number of anilines is 1. The Bertz CT molecular complexity index is 819. The van der Waals surface area contributed by atoms with Crippen molar-refractivity contribution in [3.63, 3.8) is 0 Å². The molecule has 150 valence electrons. The molecular formula is C21H27N3O4. The molecule has 7 nitrogen and oxygen atoms in total. The van der Waals surface area contributed by atoms with Crippen LogP contribution in [0.2, 0.25) is 0 Å². The molecule has 0 aliphatic heterocycles. The highest BCUT2D eigenvalue weighted by atomic mass is 16.6. The first kappa shape index (κ1) is 21.2. The van der Waals surface area contributed by atoms with E-state index in [9.17, 15) is 4.79 Å². The molecule has 0 aliphatic carbocycles. The summed E-state index contributed by atoms with van der Waals surface area (Å²) < 4.78 is 11.2. The lowest BCUT2D eigenvalue weighted by Crippen LogP contribution is -2.19.